The number of nitrogens with zero attached hydrogens (tertiary/aromatic N) is 1. The van der Waals surface area contributed by atoms with Crippen LogP contribution in [0.25, 0.3) is 0 Å². The molecule has 1 aromatic rings. The van der Waals surface area contributed by atoms with Gasteiger partial charge in [-0.1, -0.05) is 0 Å². The lowest BCUT2D eigenvalue weighted by Crippen LogP contribution is -2.17. The summed E-state index contributed by atoms with van der Waals surface area (Å²) in [6.07, 6.45) is -7.34. The highest BCUT2D eigenvalue weighted by molar-refractivity contribution is 5.43. The molecule has 2 N–H and O–H groups in total. The molecule has 1 rings (SSSR count). The van der Waals surface area contributed by atoms with E-state index >= 15 is 0 Å². The van der Waals surface area contributed by atoms with E-state index in [1.807, 2.05) is 0 Å². The summed E-state index contributed by atoms with van der Waals surface area (Å²) in [5.74, 6) is -0.623. The first-order valence-electron chi connectivity index (χ1n) is 4.44. The Morgan fingerprint density at radius 2 is 2.00 bits per heavy atom. The van der Waals surface area contributed by atoms with Crippen LogP contribution >= 0.6 is 0 Å². The number of hydrogen-bond donors (Lipinski definition) is 1. The van der Waals surface area contributed by atoms with Gasteiger partial charge in [-0.05, 0) is 0 Å². The molecule has 0 amide bonds. The van der Waals surface area contributed by atoms with Crippen LogP contribution in [0.2, 0.25) is 0 Å². The van der Waals surface area contributed by atoms with E-state index in [9.17, 15) is 22.0 Å². The number of aromatic nitrogens is 1. The quantitative estimate of drug-likeness (QED) is 0.845. The molecule has 17 heavy (non-hydrogen) atoms. The number of halogens is 5. The van der Waals surface area contributed by atoms with E-state index < -0.39 is 41.7 Å². The zero-order valence-corrected chi connectivity index (χ0v) is 8.68. The van der Waals surface area contributed by atoms with Crippen LogP contribution in [0.1, 0.15) is 23.2 Å². The molecule has 0 bridgehead atoms. The Hall–Kier alpha value is -1.44. The lowest BCUT2D eigenvalue weighted by Gasteiger charge is -2.17. The summed E-state index contributed by atoms with van der Waals surface area (Å²) < 4.78 is 67.6. The second-order valence-electron chi connectivity index (χ2n) is 3.07. The van der Waals surface area contributed by atoms with Crippen molar-refractivity contribution in [2.24, 2.45) is 5.73 Å². The molecular weight excluding hydrogens is 247 g/mol. The van der Waals surface area contributed by atoms with Crippen molar-refractivity contribution >= 4 is 0 Å². The Kier molecular flexibility index (Phi) is 3.87. The van der Waals surface area contributed by atoms with Gasteiger partial charge < -0.3 is 10.5 Å². The van der Waals surface area contributed by atoms with Gasteiger partial charge in [-0.15, -0.1) is 0 Å². The summed E-state index contributed by atoms with van der Waals surface area (Å²) in [7, 11) is 0.995. The molecular formula is C9H9F5N2O. The van der Waals surface area contributed by atoms with Crippen molar-refractivity contribution < 1.29 is 26.7 Å². The standard InChI is InChI=1S/C9H9F5N2O/c1-17-5-3-16-7(8(10)11)4(2-15)6(5)9(12,13)14/h3,8H,2,15H2,1H3. The molecule has 0 aliphatic heterocycles. The third-order valence-electron chi connectivity index (χ3n) is 2.09. The van der Waals surface area contributed by atoms with Gasteiger partial charge >= 0.3 is 6.18 Å². The summed E-state index contributed by atoms with van der Waals surface area (Å²) in [4.78, 5) is 3.24. The smallest absolute Gasteiger partial charge is 0.420 e. The van der Waals surface area contributed by atoms with Gasteiger partial charge in [0.05, 0.1) is 13.3 Å². The maximum absolute atomic E-state index is 12.7. The molecule has 96 valence electrons. The fourth-order valence-electron chi connectivity index (χ4n) is 1.41. The van der Waals surface area contributed by atoms with E-state index in [4.69, 9.17) is 5.73 Å². The molecule has 0 atom stereocenters. The molecule has 0 fully saturated rings. The Morgan fingerprint density at radius 1 is 1.41 bits per heavy atom. The van der Waals surface area contributed by atoms with Crippen LogP contribution in [0, 0.1) is 0 Å². The molecule has 0 unspecified atom stereocenters. The molecule has 8 heteroatoms. The van der Waals surface area contributed by atoms with Gasteiger partial charge in [0.25, 0.3) is 6.43 Å². The van der Waals surface area contributed by atoms with Crippen LogP contribution in [-0.4, -0.2) is 12.1 Å². The predicted octanol–water partition coefficient (Wildman–Crippen LogP) is 2.51. The third-order valence-corrected chi connectivity index (χ3v) is 2.09. The van der Waals surface area contributed by atoms with Crippen LogP contribution < -0.4 is 10.5 Å². The number of rotatable bonds is 3. The minimum atomic E-state index is -4.83. The minimum Gasteiger partial charge on any atom is -0.494 e. The van der Waals surface area contributed by atoms with E-state index in [2.05, 4.69) is 9.72 Å². The van der Waals surface area contributed by atoms with Gasteiger partial charge in [0.15, 0.2) is 0 Å². The van der Waals surface area contributed by atoms with Gasteiger partial charge in [-0.2, -0.15) is 13.2 Å². The average Bonchev–Trinajstić information content (AvgIpc) is 2.25. The van der Waals surface area contributed by atoms with Crippen LogP contribution in [0.15, 0.2) is 6.20 Å². The maximum atomic E-state index is 12.7. The number of hydrogen-bond acceptors (Lipinski definition) is 3. The topological polar surface area (TPSA) is 48.1 Å². The van der Waals surface area contributed by atoms with Gasteiger partial charge in [0.1, 0.15) is 17.0 Å². The number of alkyl halides is 5. The molecule has 0 aromatic carbocycles. The Balaban J connectivity index is 3.55. The molecule has 0 saturated carbocycles. The zero-order chi connectivity index (χ0) is 13.2. The largest absolute Gasteiger partial charge is 0.494 e. The van der Waals surface area contributed by atoms with Gasteiger partial charge in [0.2, 0.25) is 0 Å². The van der Waals surface area contributed by atoms with Crippen molar-refractivity contribution in [3.05, 3.63) is 23.0 Å². The summed E-state index contributed by atoms with van der Waals surface area (Å²) >= 11 is 0. The predicted molar refractivity (Wildman–Crippen MR) is 48.6 cm³/mol. The molecule has 0 spiro atoms. The molecule has 3 nitrogen and oxygen atoms in total. The molecule has 0 aliphatic carbocycles. The highest BCUT2D eigenvalue weighted by Gasteiger charge is 2.39. The number of pyridine rings is 1. The summed E-state index contributed by atoms with van der Waals surface area (Å²) in [5, 5.41) is 0. The molecule has 0 aliphatic rings. The van der Waals surface area contributed by atoms with E-state index in [0.29, 0.717) is 6.20 Å². The van der Waals surface area contributed by atoms with Crippen LogP contribution in [-0.2, 0) is 12.7 Å². The monoisotopic (exact) mass is 256 g/mol. The lowest BCUT2D eigenvalue weighted by atomic mass is 10.0. The van der Waals surface area contributed by atoms with E-state index in [0.717, 1.165) is 7.11 Å². The van der Waals surface area contributed by atoms with Gasteiger partial charge in [0, 0.05) is 12.1 Å². The van der Waals surface area contributed by atoms with Crippen molar-refractivity contribution in [1.29, 1.82) is 0 Å². The van der Waals surface area contributed by atoms with Crippen molar-refractivity contribution in [2.45, 2.75) is 19.1 Å². The van der Waals surface area contributed by atoms with Crippen molar-refractivity contribution in [3.63, 3.8) is 0 Å². The zero-order valence-electron chi connectivity index (χ0n) is 8.68. The minimum absolute atomic E-state index is 0.615. The second-order valence-corrected chi connectivity index (χ2v) is 3.07. The summed E-state index contributed by atoms with van der Waals surface area (Å²) in [6.45, 7) is -0.696. The summed E-state index contributed by atoms with van der Waals surface area (Å²) in [5.41, 5.74) is 2.07. The number of ether oxygens (including phenoxy) is 1. The average molecular weight is 256 g/mol. The number of nitrogens with two attached hydrogens (primary N) is 1. The van der Waals surface area contributed by atoms with E-state index in [-0.39, 0.29) is 0 Å². The Bertz CT molecular complexity index is 405. The summed E-state index contributed by atoms with van der Waals surface area (Å²) in [6, 6.07) is 0. The molecule has 0 saturated heterocycles. The first kappa shape index (κ1) is 13.6. The molecule has 0 radical (unpaired) electrons. The number of methoxy groups -OCH3 is 1. The normalized spacial score (nSPS) is 12.0. The second kappa shape index (κ2) is 4.82. The van der Waals surface area contributed by atoms with E-state index in [1.165, 1.54) is 0 Å². The Morgan fingerprint density at radius 3 is 2.35 bits per heavy atom. The fourth-order valence-corrected chi connectivity index (χ4v) is 1.41. The lowest BCUT2D eigenvalue weighted by molar-refractivity contribution is -0.139. The molecule has 1 heterocycles. The highest BCUT2D eigenvalue weighted by atomic mass is 19.4. The maximum Gasteiger partial charge on any atom is 0.420 e. The van der Waals surface area contributed by atoms with Gasteiger partial charge in [-0.25, -0.2) is 8.78 Å². The Labute approximate surface area is 93.4 Å². The first-order chi connectivity index (χ1) is 7.82. The van der Waals surface area contributed by atoms with E-state index in [1.54, 1.807) is 0 Å². The van der Waals surface area contributed by atoms with Crippen molar-refractivity contribution in [3.8, 4) is 5.75 Å². The van der Waals surface area contributed by atoms with Crippen LogP contribution in [0.4, 0.5) is 22.0 Å². The highest BCUT2D eigenvalue weighted by Crippen LogP contribution is 2.40. The molecule has 1 aromatic heterocycles. The third kappa shape index (κ3) is 2.63. The van der Waals surface area contributed by atoms with Crippen molar-refractivity contribution in [1.82, 2.24) is 4.98 Å². The fraction of sp³-hybridized carbons (Fsp3) is 0.444. The van der Waals surface area contributed by atoms with Crippen LogP contribution in [0.5, 0.6) is 5.75 Å². The van der Waals surface area contributed by atoms with Gasteiger partial charge in [-0.3, -0.25) is 4.98 Å². The SMILES string of the molecule is COc1cnc(C(F)F)c(CN)c1C(F)(F)F. The van der Waals surface area contributed by atoms with Crippen LogP contribution in [0.3, 0.4) is 0 Å². The van der Waals surface area contributed by atoms with Crippen molar-refractivity contribution in [2.75, 3.05) is 7.11 Å². The first-order valence-corrected chi connectivity index (χ1v) is 4.44.